The van der Waals surface area contributed by atoms with Gasteiger partial charge in [-0.3, -0.25) is 0 Å². The van der Waals surface area contributed by atoms with E-state index in [9.17, 15) is 9.90 Å². The third-order valence-electron chi connectivity index (χ3n) is 2.56. The lowest BCUT2D eigenvalue weighted by atomic mass is 9.94. The molecule has 1 aliphatic heterocycles. The Balaban J connectivity index is 2.19. The zero-order valence-corrected chi connectivity index (χ0v) is 9.31. The molecule has 1 atom stereocenters. The number of piperidine rings is 1. The van der Waals surface area contributed by atoms with Gasteiger partial charge in [-0.15, -0.1) is 0 Å². The molecule has 0 saturated carbocycles. The lowest BCUT2D eigenvalue weighted by Crippen LogP contribution is -2.54. The van der Waals surface area contributed by atoms with Gasteiger partial charge in [-0.05, 0) is 25.8 Å². The van der Waals surface area contributed by atoms with Gasteiger partial charge in [0.25, 0.3) is 0 Å². The minimum Gasteiger partial charge on any atom is -0.387 e. The Morgan fingerprint density at radius 2 is 2.33 bits per heavy atom. The van der Waals surface area contributed by atoms with E-state index >= 15 is 0 Å². The predicted molar refractivity (Wildman–Crippen MR) is 58.7 cm³/mol. The van der Waals surface area contributed by atoms with Crippen LogP contribution in [0.15, 0.2) is 0 Å². The van der Waals surface area contributed by atoms with E-state index < -0.39 is 5.60 Å². The molecule has 1 fully saturated rings. The molecular weight excluding hydrogens is 194 g/mol. The summed E-state index contributed by atoms with van der Waals surface area (Å²) >= 11 is 0. The first kappa shape index (κ1) is 12.3. The Morgan fingerprint density at radius 1 is 1.53 bits per heavy atom. The first-order valence-corrected chi connectivity index (χ1v) is 5.61. The molecule has 0 aromatic rings. The van der Waals surface area contributed by atoms with E-state index in [-0.39, 0.29) is 6.03 Å². The molecule has 5 heteroatoms. The number of β-amino-alcohol motifs (C(OH)–C–C–N with tert-alkyl or cyclic N) is 1. The van der Waals surface area contributed by atoms with Crippen LogP contribution in [-0.2, 0) is 0 Å². The van der Waals surface area contributed by atoms with Crippen LogP contribution in [0, 0.1) is 0 Å². The summed E-state index contributed by atoms with van der Waals surface area (Å²) in [6, 6.07) is -0.198. The van der Waals surface area contributed by atoms with Crippen LogP contribution in [0.5, 0.6) is 0 Å². The molecule has 0 spiro atoms. The monoisotopic (exact) mass is 215 g/mol. The summed E-state index contributed by atoms with van der Waals surface area (Å²) in [7, 11) is 0. The summed E-state index contributed by atoms with van der Waals surface area (Å²) < 4.78 is 0. The van der Waals surface area contributed by atoms with E-state index in [0.29, 0.717) is 19.6 Å². The van der Waals surface area contributed by atoms with Crippen LogP contribution in [0.2, 0.25) is 0 Å². The summed E-state index contributed by atoms with van der Waals surface area (Å²) in [5.74, 6) is 0. The van der Waals surface area contributed by atoms with Crippen LogP contribution in [0.25, 0.3) is 0 Å². The SMILES string of the molecule is CCCNC(=O)NC[C@]1(O)CCCNC1. The molecule has 1 rings (SSSR count). The second-order valence-electron chi connectivity index (χ2n) is 4.11. The number of hydrogen-bond acceptors (Lipinski definition) is 3. The maximum absolute atomic E-state index is 11.2. The number of aliphatic hydroxyl groups is 1. The van der Waals surface area contributed by atoms with Gasteiger partial charge < -0.3 is 21.1 Å². The summed E-state index contributed by atoms with van der Waals surface area (Å²) in [6.45, 7) is 4.49. The Labute approximate surface area is 90.6 Å². The highest BCUT2D eigenvalue weighted by atomic mass is 16.3. The molecule has 1 aliphatic rings. The first-order chi connectivity index (χ1) is 7.16. The highest BCUT2D eigenvalue weighted by Gasteiger charge is 2.29. The van der Waals surface area contributed by atoms with E-state index in [1.807, 2.05) is 6.92 Å². The van der Waals surface area contributed by atoms with E-state index in [0.717, 1.165) is 25.8 Å². The molecule has 0 aromatic carbocycles. The van der Waals surface area contributed by atoms with E-state index in [1.54, 1.807) is 0 Å². The van der Waals surface area contributed by atoms with Crippen LogP contribution in [0.4, 0.5) is 4.79 Å². The molecule has 88 valence electrons. The van der Waals surface area contributed by atoms with Gasteiger partial charge in [0.05, 0.1) is 5.60 Å². The molecular formula is C10H21N3O2. The van der Waals surface area contributed by atoms with Crippen molar-refractivity contribution >= 4 is 6.03 Å². The van der Waals surface area contributed by atoms with E-state index in [4.69, 9.17) is 0 Å². The van der Waals surface area contributed by atoms with Gasteiger partial charge in [0.15, 0.2) is 0 Å². The number of rotatable bonds is 4. The van der Waals surface area contributed by atoms with E-state index in [1.165, 1.54) is 0 Å². The molecule has 0 bridgehead atoms. The van der Waals surface area contributed by atoms with Gasteiger partial charge >= 0.3 is 6.03 Å². The van der Waals surface area contributed by atoms with Gasteiger partial charge in [0.1, 0.15) is 0 Å². The van der Waals surface area contributed by atoms with Crippen molar-refractivity contribution in [3.8, 4) is 0 Å². The molecule has 0 unspecified atom stereocenters. The largest absolute Gasteiger partial charge is 0.387 e. The maximum Gasteiger partial charge on any atom is 0.314 e. The summed E-state index contributed by atoms with van der Waals surface area (Å²) in [5, 5.41) is 18.6. The Kier molecular flexibility index (Phi) is 4.84. The predicted octanol–water partition coefficient (Wildman–Crippen LogP) is -0.190. The van der Waals surface area contributed by atoms with Gasteiger partial charge in [-0.25, -0.2) is 4.79 Å². The van der Waals surface area contributed by atoms with Crippen LogP contribution >= 0.6 is 0 Å². The molecule has 1 heterocycles. The Morgan fingerprint density at radius 3 is 2.93 bits per heavy atom. The van der Waals surface area contributed by atoms with Crippen molar-refractivity contribution in [1.82, 2.24) is 16.0 Å². The number of amides is 2. The van der Waals surface area contributed by atoms with Crippen molar-refractivity contribution in [1.29, 1.82) is 0 Å². The average molecular weight is 215 g/mol. The molecule has 15 heavy (non-hydrogen) atoms. The van der Waals surface area contributed by atoms with Gasteiger partial charge in [0.2, 0.25) is 0 Å². The number of hydrogen-bond donors (Lipinski definition) is 4. The van der Waals surface area contributed by atoms with Crippen LogP contribution in [-0.4, -0.2) is 42.9 Å². The standard InChI is InChI=1S/C10H21N3O2/c1-2-5-12-9(14)13-8-10(15)4-3-6-11-7-10/h11,15H,2-8H2,1H3,(H2,12,13,14)/t10-/m0/s1. The summed E-state index contributed by atoms with van der Waals surface area (Å²) in [5.41, 5.74) is -0.776. The minimum atomic E-state index is -0.776. The fourth-order valence-corrected chi connectivity index (χ4v) is 1.65. The third-order valence-corrected chi connectivity index (χ3v) is 2.56. The van der Waals surface area contributed by atoms with Crippen LogP contribution < -0.4 is 16.0 Å². The molecule has 2 amide bonds. The zero-order chi connectivity index (χ0) is 11.1. The fraction of sp³-hybridized carbons (Fsp3) is 0.900. The number of carbonyl (C=O) groups excluding carboxylic acids is 1. The summed E-state index contributed by atoms with van der Waals surface area (Å²) in [6.07, 6.45) is 2.61. The molecule has 0 aliphatic carbocycles. The summed E-state index contributed by atoms with van der Waals surface area (Å²) in [4.78, 5) is 11.2. The van der Waals surface area contributed by atoms with Crippen molar-refractivity contribution in [2.24, 2.45) is 0 Å². The van der Waals surface area contributed by atoms with Crippen molar-refractivity contribution in [3.63, 3.8) is 0 Å². The Bertz CT molecular complexity index is 203. The van der Waals surface area contributed by atoms with E-state index in [2.05, 4.69) is 16.0 Å². The zero-order valence-electron chi connectivity index (χ0n) is 9.31. The molecule has 0 aromatic heterocycles. The fourth-order valence-electron chi connectivity index (χ4n) is 1.65. The number of urea groups is 1. The smallest absolute Gasteiger partial charge is 0.314 e. The lowest BCUT2D eigenvalue weighted by Gasteiger charge is -2.32. The van der Waals surface area contributed by atoms with Crippen molar-refractivity contribution in [2.45, 2.75) is 31.8 Å². The number of carbonyl (C=O) groups is 1. The third kappa shape index (κ3) is 4.48. The van der Waals surface area contributed by atoms with Gasteiger partial charge in [0, 0.05) is 19.6 Å². The quantitative estimate of drug-likeness (QED) is 0.525. The highest BCUT2D eigenvalue weighted by Crippen LogP contribution is 2.14. The minimum absolute atomic E-state index is 0.198. The average Bonchev–Trinajstić information content (AvgIpc) is 2.25. The maximum atomic E-state index is 11.2. The van der Waals surface area contributed by atoms with Crippen LogP contribution in [0.1, 0.15) is 26.2 Å². The highest BCUT2D eigenvalue weighted by molar-refractivity contribution is 5.73. The van der Waals surface area contributed by atoms with Gasteiger partial charge in [-0.1, -0.05) is 6.92 Å². The second kappa shape index (κ2) is 5.92. The van der Waals surface area contributed by atoms with Gasteiger partial charge in [-0.2, -0.15) is 0 Å². The molecule has 5 nitrogen and oxygen atoms in total. The van der Waals surface area contributed by atoms with Crippen LogP contribution in [0.3, 0.4) is 0 Å². The number of nitrogens with one attached hydrogen (secondary N) is 3. The first-order valence-electron chi connectivity index (χ1n) is 5.61. The van der Waals surface area contributed by atoms with Crippen molar-refractivity contribution in [3.05, 3.63) is 0 Å². The molecule has 1 saturated heterocycles. The topological polar surface area (TPSA) is 73.4 Å². The molecule has 0 radical (unpaired) electrons. The van der Waals surface area contributed by atoms with Crippen molar-refractivity contribution in [2.75, 3.05) is 26.2 Å². The Hall–Kier alpha value is -0.810. The molecule has 4 N–H and O–H groups in total. The van der Waals surface area contributed by atoms with Crippen molar-refractivity contribution < 1.29 is 9.90 Å². The normalized spacial score (nSPS) is 26.0. The second-order valence-corrected chi connectivity index (χ2v) is 4.11. The lowest BCUT2D eigenvalue weighted by molar-refractivity contribution is 0.0194.